The van der Waals surface area contributed by atoms with Crippen LogP contribution in [0.3, 0.4) is 0 Å². The molecule has 4 rings (SSSR count). The monoisotopic (exact) mass is 363 g/mol. The summed E-state index contributed by atoms with van der Waals surface area (Å²) in [7, 11) is 0. The number of aromatic nitrogens is 3. The first-order valence-corrected chi connectivity index (χ1v) is 9.74. The maximum absolute atomic E-state index is 12.6. The predicted octanol–water partition coefficient (Wildman–Crippen LogP) is 4.36. The van der Waals surface area contributed by atoms with Gasteiger partial charge in [-0.25, -0.2) is 9.50 Å². The number of benzene rings is 1. The fourth-order valence-electron chi connectivity index (χ4n) is 3.66. The van der Waals surface area contributed by atoms with Crippen molar-refractivity contribution in [1.82, 2.24) is 14.6 Å². The number of amides is 1. The molecule has 0 aliphatic heterocycles. The molecule has 1 fully saturated rings. The molecule has 6 heteroatoms. The van der Waals surface area contributed by atoms with Gasteiger partial charge in [0.1, 0.15) is 11.4 Å². The standard InChI is InChI=1S/C21H25N5O/c27-21(24-17-10-6-3-7-11-17)18-15-23-26-13-12-19(25-20(18)26)22-14-16-8-4-1-2-5-9-16/h3,6-7,10-13,15-16H,1-2,4-5,8-9,14H2,(H,22,25)(H,24,27). The van der Waals surface area contributed by atoms with Gasteiger partial charge in [-0.1, -0.05) is 43.9 Å². The van der Waals surface area contributed by atoms with Crippen molar-refractivity contribution in [3.63, 3.8) is 0 Å². The summed E-state index contributed by atoms with van der Waals surface area (Å²) in [5, 5.41) is 10.6. The molecule has 3 aromatic rings. The first-order chi connectivity index (χ1) is 13.3. The molecule has 0 saturated heterocycles. The van der Waals surface area contributed by atoms with Gasteiger partial charge in [0.2, 0.25) is 0 Å². The Bertz CT molecular complexity index is 897. The van der Waals surface area contributed by atoms with Crippen LogP contribution in [0.2, 0.25) is 0 Å². The Balaban J connectivity index is 1.48. The maximum Gasteiger partial charge on any atom is 0.261 e. The van der Waals surface area contributed by atoms with Crippen LogP contribution in [0.15, 0.2) is 48.8 Å². The van der Waals surface area contributed by atoms with Gasteiger partial charge in [0, 0.05) is 18.4 Å². The number of carbonyl (C=O) groups is 1. The lowest BCUT2D eigenvalue weighted by atomic mass is 10.0. The minimum Gasteiger partial charge on any atom is -0.370 e. The SMILES string of the molecule is O=C(Nc1ccccc1)c1cnn2ccc(NCC3CCCCCC3)nc12. The van der Waals surface area contributed by atoms with Crippen LogP contribution in [0, 0.1) is 5.92 Å². The summed E-state index contributed by atoms with van der Waals surface area (Å²) >= 11 is 0. The highest BCUT2D eigenvalue weighted by Crippen LogP contribution is 2.23. The summed E-state index contributed by atoms with van der Waals surface area (Å²) in [4.78, 5) is 17.3. The average molecular weight is 363 g/mol. The second-order valence-electron chi connectivity index (χ2n) is 7.20. The van der Waals surface area contributed by atoms with Crippen molar-refractivity contribution in [1.29, 1.82) is 0 Å². The Hall–Kier alpha value is -2.89. The molecule has 0 spiro atoms. The number of anilines is 2. The van der Waals surface area contributed by atoms with Crippen molar-refractivity contribution in [2.45, 2.75) is 38.5 Å². The maximum atomic E-state index is 12.6. The van der Waals surface area contributed by atoms with Gasteiger partial charge in [0.05, 0.1) is 6.20 Å². The number of hydrogen-bond acceptors (Lipinski definition) is 4. The minimum absolute atomic E-state index is 0.204. The molecule has 2 aromatic heterocycles. The molecule has 0 atom stereocenters. The average Bonchev–Trinajstić information content (AvgIpc) is 2.94. The van der Waals surface area contributed by atoms with E-state index < -0.39 is 0 Å². The van der Waals surface area contributed by atoms with E-state index in [4.69, 9.17) is 0 Å². The van der Waals surface area contributed by atoms with Crippen LogP contribution >= 0.6 is 0 Å². The van der Waals surface area contributed by atoms with Crippen LogP contribution in [0.1, 0.15) is 48.9 Å². The fraction of sp³-hybridized carbons (Fsp3) is 0.381. The second-order valence-corrected chi connectivity index (χ2v) is 7.20. The van der Waals surface area contributed by atoms with Gasteiger partial charge >= 0.3 is 0 Å². The topological polar surface area (TPSA) is 71.3 Å². The normalized spacial score (nSPS) is 15.4. The molecule has 2 heterocycles. The molecular formula is C21H25N5O. The predicted molar refractivity (Wildman–Crippen MR) is 107 cm³/mol. The molecule has 140 valence electrons. The van der Waals surface area contributed by atoms with E-state index in [0.29, 0.717) is 17.1 Å². The number of rotatable bonds is 5. The molecule has 2 N–H and O–H groups in total. The minimum atomic E-state index is -0.204. The molecule has 1 aliphatic rings. The van der Waals surface area contributed by atoms with Crippen LogP contribution in [0.4, 0.5) is 11.5 Å². The lowest BCUT2D eigenvalue weighted by Gasteiger charge is -2.15. The summed E-state index contributed by atoms with van der Waals surface area (Å²) in [6.45, 7) is 0.933. The zero-order valence-corrected chi connectivity index (χ0v) is 15.4. The largest absolute Gasteiger partial charge is 0.370 e. The number of fused-ring (bicyclic) bond motifs is 1. The summed E-state index contributed by atoms with van der Waals surface area (Å²) in [6.07, 6.45) is 11.3. The molecule has 1 aromatic carbocycles. The van der Waals surface area contributed by atoms with Gasteiger partial charge < -0.3 is 10.6 Å². The van der Waals surface area contributed by atoms with E-state index in [1.807, 2.05) is 42.6 Å². The van der Waals surface area contributed by atoms with Crippen molar-refractivity contribution in [3.8, 4) is 0 Å². The van der Waals surface area contributed by atoms with Gasteiger partial charge in [0.15, 0.2) is 5.65 Å². The van der Waals surface area contributed by atoms with E-state index in [0.717, 1.165) is 18.1 Å². The van der Waals surface area contributed by atoms with Crippen LogP contribution in [-0.2, 0) is 0 Å². The highest BCUT2D eigenvalue weighted by molar-refractivity contribution is 6.08. The van der Waals surface area contributed by atoms with Gasteiger partial charge in [0.25, 0.3) is 5.91 Å². The van der Waals surface area contributed by atoms with Crippen molar-refractivity contribution < 1.29 is 4.79 Å². The Morgan fingerprint density at radius 1 is 1.07 bits per heavy atom. The molecule has 1 amide bonds. The van der Waals surface area contributed by atoms with Crippen molar-refractivity contribution in [2.24, 2.45) is 5.92 Å². The molecule has 0 bridgehead atoms. The highest BCUT2D eigenvalue weighted by atomic mass is 16.1. The van der Waals surface area contributed by atoms with Crippen LogP contribution < -0.4 is 10.6 Å². The smallest absolute Gasteiger partial charge is 0.261 e. The van der Waals surface area contributed by atoms with Gasteiger partial charge in [-0.2, -0.15) is 5.10 Å². The molecule has 6 nitrogen and oxygen atoms in total. The van der Waals surface area contributed by atoms with E-state index in [1.54, 1.807) is 10.7 Å². The number of carbonyl (C=O) groups excluding carboxylic acids is 1. The quantitative estimate of drug-likeness (QED) is 0.661. The molecular weight excluding hydrogens is 338 g/mol. The van der Waals surface area contributed by atoms with Crippen LogP contribution in [0.5, 0.6) is 0 Å². The van der Waals surface area contributed by atoms with Gasteiger partial charge in [-0.15, -0.1) is 0 Å². The van der Waals surface area contributed by atoms with Crippen molar-refractivity contribution >= 4 is 23.1 Å². The van der Waals surface area contributed by atoms with Crippen LogP contribution in [0.25, 0.3) is 5.65 Å². The zero-order valence-electron chi connectivity index (χ0n) is 15.4. The van der Waals surface area contributed by atoms with Gasteiger partial charge in [-0.05, 0) is 37.0 Å². The third kappa shape index (κ3) is 4.27. The Kier molecular flexibility index (Phi) is 5.32. The summed E-state index contributed by atoms with van der Waals surface area (Å²) in [6, 6.07) is 11.3. The number of nitrogens with one attached hydrogen (secondary N) is 2. The molecule has 1 aliphatic carbocycles. The van der Waals surface area contributed by atoms with E-state index in [9.17, 15) is 4.79 Å². The summed E-state index contributed by atoms with van der Waals surface area (Å²) in [5.41, 5.74) is 1.79. The highest BCUT2D eigenvalue weighted by Gasteiger charge is 2.16. The first kappa shape index (κ1) is 17.5. The van der Waals surface area contributed by atoms with Crippen molar-refractivity contribution in [2.75, 3.05) is 17.2 Å². The van der Waals surface area contributed by atoms with E-state index >= 15 is 0 Å². The van der Waals surface area contributed by atoms with Crippen LogP contribution in [-0.4, -0.2) is 27.0 Å². The van der Waals surface area contributed by atoms with E-state index in [-0.39, 0.29) is 5.91 Å². The second kappa shape index (κ2) is 8.20. The van der Waals surface area contributed by atoms with E-state index in [1.165, 1.54) is 38.5 Å². The number of para-hydroxylation sites is 1. The molecule has 27 heavy (non-hydrogen) atoms. The third-order valence-electron chi connectivity index (χ3n) is 5.19. The lowest BCUT2D eigenvalue weighted by molar-refractivity contribution is 0.102. The molecule has 0 unspecified atom stereocenters. The summed E-state index contributed by atoms with van der Waals surface area (Å²) < 4.78 is 1.64. The number of nitrogens with zero attached hydrogens (tertiary/aromatic N) is 3. The third-order valence-corrected chi connectivity index (χ3v) is 5.19. The van der Waals surface area contributed by atoms with E-state index in [2.05, 4.69) is 20.7 Å². The molecule has 0 radical (unpaired) electrons. The first-order valence-electron chi connectivity index (χ1n) is 9.74. The Labute approximate surface area is 159 Å². The van der Waals surface area contributed by atoms with Crippen molar-refractivity contribution in [3.05, 3.63) is 54.4 Å². The Morgan fingerprint density at radius 2 is 1.85 bits per heavy atom. The summed E-state index contributed by atoms with van der Waals surface area (Å²) in [5.74, 6) is 1.29. The fourth-order valence-corrected chi connectivity index (χ4v) is 3.66. The van der Waals surface area contributed by atoms with Gasteiger partial charge in [-0.3, -0.25) is 4.79 Å². The lowest BCUT2D eigenvalue weighted by Crippen LogP contribution is -2.15. The Morgan fingerprint density at radius 3 is 2.63 bits per heavy atom. The molecule has 1 saturated carbocycles. The number of hydrogen-bond donors (Lipinski definition) is 2. The zero-order chi connectivity index (χ0) is 18.5.